The van der Waals surface area contributed by atoms with Crippen LogP contribution in [-0.4, -0.2) is 49.7 Å². The molecule has 0 amide bonds. The molecule has 0 aromatic heterocycles. The topological polar surface area (TPSA) is 41.6 Å². The molecule has 0 radical (unpaired) electrons. The summed E-state index contributed by atoms with van der Waals surface area (Å²) in [6, 6.07) is 0.468. The quantitative estimate of drug-likeness (QED) is 0.576. The average Bonchev–Trinajstić information content (AvgIpc) is 2.35. The zero-order valence-corrected chi connectivity index (χ0v) is 12.5. The molecule has 1 unspecified atom stereocenters. The van der Waals surface area contributed by atoms with Gasteiger partial charge in [-0.3, -0.25) is 4.79 Å². The van der Waals surface area contributed by atoms with Gasteiger partial charge < -0.3 is 15.0 Å². The molecule has 0 spiro atoms. The maximum absolute atomic E-state index is 11.1. The first-order chi connectivity index (χ1) is 8.63. The zero-order valence-electron chi connectivity index (χ0n) is 12.5. The third-order valence-corrected chi connectivity index (χ3v) is 3.13. The second-order valence-electron chi connectivity index (χ2n) is 4.58. The Labute approximate surface area is 112 Å². The molecule has 0 heterocycles. The predicted octanol–water partition coefficient (Wildman–Crippen LogP) is 2.04. The number of rotatable bonds is 11. The van der Waals surface area contributed by atoms with E-state index >= 15 is 0 Å². The summed E-state index contributed by atoms with van der Waals surface area (Å²) in [6.07, 6.45) is 2.82. The Balaban J connectivity index is 3.48. The van der Waals surface area contributed by atoms with E-state index in [2.05, 4.69) is 31.0 Å². The molecule has 1 atom stereocenters. The number of nitrogens with one attached hydrogen (secondary N) is 1. The first kappa shape index (κ1) is 17.4. The van der Waals surface area contributed by atoms with E-state index in [9.17, 15) is 4.79 Å². The molecule has 108 valence electrons. The fourth-order valence-corrected chi connectivity index (χ4v) is 1.92. The Hall–Kier alpha value is -0.610. The van der Waals surface area contributed by atoms with E-state index in [1.54, 1.807) is 0 Å². The molecule has 0 saturated heterocycles. The van der Waals surface area contributed by atoms with Crippen molar-refractivity contribution < 1.29 is 9.53 Å². The monoisotopic (exact) mass is 258 g/mol. The van der Waals surface area contributed by atoms with E-state index in [1.165, 1.54) is 6.42 Å². The van der Waals surface area contributed by atoms with E-state index in [0.717, 1.165) is 26.1 Å². The molecular weight excluding hydrogens is 228 g/mol. The number of ether oxygens (including phenoxy) is 1. The highest BCUT2D eigenvalue weighted by molar-refractivity contribution is 5.69. The first-order valence-electron chi connectivity index (χ1n) is 7.25. The van der Waals surface area contributed by atoms with Crippen LogP contribution in [0.3, 0.4) is 0 Å². The van der Waals surface area contributed by atoms with Crippen molar-refractivity contribution in [3.8, 4) is 0 Å². The lowest BCUT2D eigenvalue weighted by Crippen LogP contribution is -2.30. The molecule has 0 aliphatic rings. The summed E-state index contributed by atoms with van der Waals surface area (Å²) < 4.78 is 4.88. The predicted molar refractivity (Wildman–Crippen MR) is 75.7 cm³/mol. The van der Waals surface area contributed by atoms with E-state index in [-0.39, 0.29) is 5.97 Å². The van der Waals surface area contributed by atoms with Crippen molar-refractivity contribution in [2.75, 3.05) is 32.8 Å². The highest BCUT2D eigenvalue weighted by atomic mass is 16.5. The van der Waals surface area contributed by atoms with Crippen LogP contribution in [0, 0.1) is 0 Å². The van der Waals surface area contributed by atoms with Crippen molar-refractivity contribution in [3.05, 3.63) is 0 Å². The van der Waals surface area contributed by atoms with Gasteiger partial charge in [0, 0.05) is 12.6 Å². The van der Waals surface area contributed by atoms with Gasteiger partial charge in [0.15, 0.2) is 0 Å². The number of esters is 1. The zero-order chi connectivity index (χ0) is 13.8. The number of nitrogens with zero attached hydrogens (tertiary/aromatic N) is 1. The Morgan fingerprint density at radius 3 is 2.50 bits per heavy atom. The summed E-state index contributed by atoms with van der Waals surface area (Å²) in [6.45, 7) is 13.0. The van der Waals surface area contributed by atoms with Crippen LogP contribution < -0.4 is 5.32 Å². The second kappa shape index (κ2) is 11.5. The maximum atomic E-state index is 11.1. The van der Waals surface area contributed by atoms with Gasteiger partial charge in [0.25, 0.3) is 0 Å². The van der Waals surface area contributed by atoms with E-state index in [4.69, 9.17) is 4.74 Å². The van der Waals surface area contributed by atoms with Gasteiger partial charge in [-0.25, -0.2) is 0 Å². The Morgan fingerprint density at radius 1 is 1.28 bits per heavy atom. The third kappa shape index (κ3) is 9.42. The molecule has 0 aromatic carbocycles. The normalized spacial score (nSPS) is 12.7. The van der Waals surface area contributed by atoms with Crippen molar-refractivity contribution in [3.63, 3.8) is 0 Å². The molecule has 0 aliphatic heterocycles. The SMILES string of the molecule is CCOC(=O)CCNC(C)CCCN(CC)CC. The van der Waals surface area contributed by atoms with Crippen LogP contribution in [0.25, 0.3) is 0 Å². The number of hydrogen-bond acceptors (Lipinski definition) is 4. The molecule has 0 aliphatic carbocycles. The number of carbonyl (C=O) groups excluding carboxylic acids is 1. The maximum Gasteiger partial charge on any atom is 0.307 e. The van der Waals surface area contributed by atoms with Crippen LogP contribution in [-0.2, 0) is 9.53 Å². The van der Waals surface area contributed by atoms with Crippen molar-refractivity contribution >= 4 is 5.97 Å². The second-order valence-corrected chi connectivity index (χ2v) is 4.58. The Bertz CT molecular complexity index is 206. The van der Waals surface area contributed by atoms with Crippen molar-refractivity contribution in [2.45, 2.75) is 53.0 Å². The van der Waals surface area contributed by atoms with Gasteiger partial charge in [-0.1, -0.05) is 13.8 Å². The minimum Gasteiger partial charge on any atom is -0.466 e. The molecule has 18 heavy (non-hydrogen) atoms. The van der Waals surface area contributed by atoms with Gasteiger partial charge in [0.2, 0.25) is 0 Å². The van der Waals surface area contributed by atoms with E-state index < -0.39 is 0 Å². The van der Waals surface area contributed by atoms with Crippen LogP contribution in [0.15, 0.2) is 0 Å². The van der Waals surface area contributed by atoms with Crippen LogP contribution in [0.1, 0.15) is 47.0 Å². The van der Waals surface area contributed by atoms with Gasteiger partial charge in [0.1, 0.15) is 0 Å². The smallest absolute Gasteiger partial charge is 0.307 e. The lowest BCUT2D eigenvalue weighted by atomic mass is 10.1. The lowest BCUT2D eigenvalue weighted by Gasteiger charge is -2.19. The van der Waals surface area contributed by atoms with Gasteiger partial charge in [-0.15, -0.1) is 0 Å². The Morgan fingerprint density at radius 2 is 1.94 bits per heavy atom. The first-order valence-corrected chi connectivity index (χ1v) is 7.25. The van der Waals surface area contributed by atoms with Gasteiger partial charge >= 0.3 is 5.97 Å². The van der Waals surface area contributed by atoms with Crippen molar-refractivity contribution in [1.29, 1.82) is 0 Å². The summed E-state index contributed by atoms with van der Waals surface area (Å²) >= 11 is 0. The Kier molecular flexibility index (Phi) is 11.1. The summed E-state index contributed by atoms with van der Waals surface area (Å²) in [5.74, 6) is -0.111. The van der Waals surface area contributed by atoms with Gasteiger partial charge in [-0.2, -0.15) is 0 Å². The van der Waals surface area contributed by atoms with Crippen LogP contribution >= 0.6 is 0 Å². The highest BCUT2D eigenvalue weighted by Crippen LogP contribution is 1.99. The molecule has 4 heteroatoms. The third-order valence-electron chi connectivity index (χ3n) is 3.13. The molecular formula is C14H30N2O2. The molecule has 4 nitrogen and oxygen atoms in total. The largest absolute Gasteiger partial charge is 0.466 e. The molecule has 1 N–H and O–H groups in total. The number of hydrogen-bond donors (Lipinski definition) is 1. The fraction of sp³-hybridized carbons (Fsp3) is 0.929. The van der Waals surface area contributed by atoms with Gasteiger partial charge in [-0.05, 0) is 46.3 Å². The molecule has 0 rings (SSSR count). The minimum atomic E-state index is -0.111. The fourth-order valence-electron chi connectivity index (χ4n) is 1.92. The minimum absolute atomic E-state index is 0.111. The molecule has 0 aromatic rings. The lowest BCUT2D eigenvalue weighted by molar-refractivity contribution is -0.142. The number of carbonyl (C=O) groups is 1. The van der Waals surface area contributed by atoms with Crippen LogP contribution in [0.5, 0.6) is 0 Å². The van der Waals surface area contributed by atoms with Crippen molar-refractivity contribution in [1.82, 2.24) is 10.2 Å². The van der Waals surface area contributed by atoms with Crippen LogP contribution in [0.2, 0.25) is 0 Å². The van der Waals surface area contributed by atoms with Gasteiger partial charge in [0.05, 0.1) is 13.0 Å². The summed E-state index contributed by atoms with van der Waals surface area (Å²) in [4.78, 5) is 13.6. The molecule has 0 fully saturated rings. The standard InChI is InChI=1S/C14H30N2O2/c1-5-16(6-2)12-8-9-13(4)15-11-10-14(17)18-7-3/h13,15H,5-12H2,1-4H3. The molecule has 0 bridgehead atoms. The van der Waals surface area contributed by atoms with E-state index in [1.807, 2.05) is 6.92 Å². The van der Waals surface area contributed by atoms with E-state index in [0.29, 0.717) is 25.6 Å². The highest BCUT2D eigenvalue weighted by Gasteiger charge is 2.05. The summed E-state index contributed by atoms with van der Waals surface area (Å²) in [5.41, 5.74) is 0. The van der Waals surface area contributed by atoms with Crippen LogP contribution in [0.4, 0.5) is 0 Å². The summed E-state index contributed by atoms with van der Waals surface area (Å²) in [7, 11) is 0. The average molecular weight is 258 g/mol. The van der Waals surface area contributed by atoms with Crippen molar-refractivity contribution in [2.24, 2.45) is 0 Å². The summed E-state index contributed by atoms with van der Waals surface area (Å²) in [5, 5.41) is 3.36. The molecule has 0 saturated carbocycles.